The molecule has 2 atom stereocenters. The van der Waals surface area contributed by atoms with E-state index in [4.69, 9.17) is 0 Å². The number of hydrogen-bond donors (Lipinski definition) is 1. The molecule has 0 aromatic heterocycles. The van der Waals surface area contributed by atoms with Gasteiger partial charge >= 0.3 is 0 Å². The summed E-state index contributed by atoms with van der Waals surface area (Å²) in [6.07, 6.45) is 0.380. The van der Waals surface area contributed by atoms with Gasteiger partial charge in [-0.15, -0.1) is 0 Å². The van der Waals surface area contributed by atoms with E-state index in [1.807, 2.05) is 19.9 Å². The Morgan fingerprint density at radius 2 is 2.19 bits per heavy atom. The highest BCUT2D eigenvalue weighted by atomic mass is 16.6. The molecule has 2 unspecified atom stereocenters. The third-order valence-electron chi connectivity index (χ3n) is 3.70. The summed E-state index contributed by atoms with van der Waals surface area (Å²) in [7, 11) is 0. The van der Waals surface area contributed by atoms with Crippen molar-refractivity contribution in [1.82, 2.24) is 0 Å². The maximum absolute atomic E-state index is 10.7. The number of nitro groups is 1. The summed E-state index contributed by atoms with van der Waals surface area (Å²) >= 11 is 0. The number of rotatable bonds is 2. The van der Waals surface area contributed by atoms with Gasteiger partial charge in [0, 0.05) is 12.1 Å². The molecule has 16 heavy (non-hydrogen) atoms. The van der Waals surface area contributed by atoms with E-state index in [2.05, 4.69) is 0 Å². The molecule has 0 amide bonds. The first-order valence-corrected chi connectivity index (χ1v) is 5.35. The van der Waals surface area contributed by atoms with Crippen LogP contribution < -0.4 is 0 Å². The Balaban J connectivity index is 2.29. The Bertz CT molecular complexity index is 428. The van der Waals surface area contributed by atoms with Gasteiger partial charge in [0.25, 0.3) is 5.69 Å². The van der Waals surface area contributed by atoms with Crippen LogP contribution in [-0.2, 0) is 0 Å². The van der Waals surface area contributed by atoms with Gasteiger partial charge in [0.2, 0.25) is 0 Å². The minimum Gasteiger partial charge on any atom is -0.393 e. The van der Waals surface area contributed by atoms with Crippen LogP contribution in [0.2, 0.25) is 0 Å². The fraction of sp³-hybridized carbons (Fsp3) is 0.500. The highest BCUT2D eigenvalue weighted by molar-refractivity contribution is 5.38. The van der Waals surface area contributed by atoms with E-state index < -0.39 is 0 Å². The molecule has 1 aromatic carbocycles. The van der Waals surface area contributed by atoms with Crippen LogP contribution in [0.4, 0.5) is 5.69 Å². The second-order valence-corrected chi connectivity index (χ2v) is 4.98. The van der Waals surface area contributed by atoms with Crippen LogP contribution in [0, 0.1) is 15.5 Å². The number of nitro benzene ring substituents is 1. The Hall–Kier alpha value is -1.42. The second kappa shape index (κ2) is 3.56. The molecule has 0 radical (unpaired) electrons. The van der Waals surface area contributed by atoms with Gasteiger partial charge in [0.15, 0.2) is 0 Å². The van der Waals surface area contributed by atoms with Gasteiger partial charge in [0.1, 0.15) is 0 Å². The third-order valence-corrected chi connectivity index (χ3v) is 3.70. The minimum absolute atomic E-state index is 0.120. The molecule has 86 valence electrons. The standard InChI is InChI=1S/C12H15NO3/c1-12(2)10(7-11(12)14)8-4-3-5-9(6-8)13(15)16/h3-6,10-11,14H,7H2,1-2H3. The van der Waals surface area contributed by atoms with Crippen molar-refractivity contribution in [3.05, 3.63) is 39.9 Å². The minimum atomic E-state index is -0.383. The lowest BCUT2D eigenvalue weighted by Gasteiger charge is -2.49. The third kappa shape index (κ3) is 1.59. The molecule has 0 heterocycles. The first-order valence-electron chi connectivity index (χ1n) is 5.35. The van der Waals surface area contributed by atoms with Crippen LogP contribution >= 0.6 is 0 Å². The Labute approximate surface area is 94.1 Å². The van der Waals surface area contributed by atoms with Crippen molar-refractivity contribution in [1.29, 1.82) is 0 Å². The van der Waals surface area contributed by atoms with E-state index in [0.29, 0.717) is 6.42 Å². The molecule has 0 aliphatic heterocycles. The normalized spacial score (nSPS) is 27.2. The summed E-state index contributed by atoms with van der Waals surface area (Å²) < 4.78 is 0. The van der Waals surface area contributed by atoms with Crippen molar-refractivity contribution in [2.45, 2.75) is 32.3 Å². The van der Waals surface area contributed by atoms with E-state index in [9.17, 15) is 15.2 Å². The first kappa shape index (κ1) is 11.1. The summed E-state index contributed by atoms with van der Waals surface area (Å²) in [5, 5.41) is 20.3. The summed E-state index contributed by atoms with van der Waals surface area (Å²) in [4.78, 5) is 10.3. The average molecular weight is 221 g/mol. The lowest BCUT2D eigenvalue weighted by Crippen LogP contribution is -2.47. The fourth-order valence-corrected chi connectivity index (χ4v) is 2.32. The highest BCUT2D eigenvalue weighted by Gasteiger charge is 2.47. The van der Waals surface area contributed by atoms with Crippen molar-refractivity contribution in [2.24, 2.45) is 5.41 Å². The van der Waals surface area contributed by atoms with Crippen molar-refractivity contribution in [3.63, 3.8) is 0 Å². The van der Waals surface area contributed by atoms with Crippen molar-refractivity contribution in [2.75, 3.05) is 0 Å². The maximum Gasteiger partial charge on any atom is 0.269 e. The summed E-state index contributed by atoms with van der Waals surface area (Å²) in [5.41, 5.74) is 0.883. The van der Waals surface area contributed by atoms with Gasteiger partial charge in [-0.05, 0) is 23.3 Å². The monoisotopic (exact) mass is 221 g/mol. The molecule has 1 saturated carbocycles. The number of aliphatic hydroxyl groups excluding tert-OH is 1. The zero-order valence-corrected chi connectivity index (χ0v) is 9.38. The quantitative estimate of drug-likeness (QED) is 0.616. The maximum atomic E-state index is 10.7. The van der Waals surface area contributed by atoms with Crippen LogP contribution in [0.5, 0.6) is 0 Å². The molecule has 1 aliphatic rings. The Morgan fingerprint density at radius 3 is 2.69 bits per heavy atom. The Kier molecular flexibility index (Phi) is 2.46. The first-order chi connectivity index (χ1) is 7.43. The van der Waals surface area contributed by atoms with Crippen molar-refractivity contribution < 1.29 is 10.0 Å². The van der Waals surface area contributed by atoms with Crippen molar-refractivity contribution in [3.8, 4) is 0 Å². The summed E-state index contributed by atoms with van der Waals surface area (Å²) in [5.74, 6) is 0.211. The van der Waals surface area contributed by atoms with E-state index in [-0.39, 0.29) is 28.0 Å². The fourth-order valence-electron chi connectivity index (χ4n) is 2.32. The molecule has 0 bridgehead atoms. The van der Waals surface area contributed by atoms with E-state index in [1.54, 1.807) is 12.1 Å². The van der Waals surface area contributed by atoms with Gasteiger partial charge in [-0.3, -0.25) is 10.1 Å². The summed E-state index contributed by atoms with van der Waals surface area (Å²) in [6, 6.07) is 6.70. The predicted octanol–water partition coefficient (Wildman–Crippen LogP) is 2.47. The largest absolute Gasteiger partial charge is 0.393 e. The molecule has 2 rings (SSSR count). The summed E-state index contributed by atoms with van der Waals surface area (Å²) in [6.45, 7) is 3.98. The van der Waals surface area contributed by atoms with Crippen LogP contribution in [0.1, 0.15) is 31.7 Å². The lowest BCUT2D eigenvalue weighted by molar-refractivity contribution is -0.385. The second-order valence-electron chi connectivity index (χ2n) is 4.98. The molecule has 1 aliphatic carbocycles. The molecule has 0 saturated heterocycles. The molecule has 4 heteroatoms. The van der Waals surface area contributed by atoms with E-state index in [0.717, 1.165) is 5.56 Å². The molecular formula is C12H15NO3. The predicted molar refractivity (Wildman–Crippen MR) is 60.2 cm³/mol. The molecule has 0 spiro atoms. The molecule has 1 aromatic rings. The zero-order chi connectivity index (χ0) is 11.9. The van der Waals surface area contributed by atoms with Gasteiger partial charge < -0.3 is 5.11 Å². The van der Waals surface area contributed by atoms with E-state index >= 15 is 0 Å². The number of benzene rings is 1. The zero-order valence-electron chi connectivity index (χ0n) is 9.38. The molecular weight excluding hydrogens is 206 g/mol. The number of nitrogens with zero attached hydrogens (tertiary/aromatic N) is 1. The van der Waals surface area contributed by atoms with Crippen molar-refractivity contribution >= 4 is 5.69 Å². The number of hydrogen-bond acceptors (Lipinski definition) is 3. The van der Waals surface area contributed by atoms with Crippen LogP contribution in [0.15, 0.2) is 24.3 Å². The molecule has 1 fully saturated rings. The van der Waals surface area contributed by atoms with Gasteiger partial charge in [-0.2, -0.15) is 0 Å². The van der Waals surface area contributed by atoms with E-state index in [1.165, 1.54) is 6.07 Å². The smallest absolute Gasteiger partial charge is 0.269 e. The molecule has 1 N–H and O–H groups in total. The molecule has 4 nitrogen and oxygen atoms in total. The van der Waals surface area contributed by atoms with Crippen LogP contribution in [0.25, 0.3) is 0 Å². The lowest BCUT2D eigenvalue weighted by atomic mass is 9.58. The number of non-ortho nitro benzene ring substituents is 1. The highest BCUT2D eigenvalue weighted by Crippen LogP contribution is 2.52. The Morgan fingerprint density at radius 1 is 1.50 bits per heavy atom. The van der Waals surface area contributed by atoms with Crippen LogP contribution in [-0.4, -0.2) is 16.1 Å². The van der Waals surface area contributed by atoms with Gasteiger partial charge in [-0.25, -0.2) is 0 Å². The van der Waals surface area contributed by atoms with Crippen LogP contribution in [0.3, 0.4) is 0 Å². The topological polar surface area (TPSA) is 63.4 Å². The SMILES string of the molecule is CC1(C)C(O)CC1c1cccc([N+](=O)[O-])c1. The average Bonchev–Trinajstić information content (AvgIpc) is 2.25. The van der Waals surface area contributed by atoms with Gasteiger partial charge in [0.05, 0.1) is 11.0 Å². The number of aliphatic hydroxyl groups is 1. The van der Waals surface area contributed by atoms with Gasteiger partial charge in [-0.1, -0.05) is 26.0 Å².